The Balaban J connectivity index is 2.44. The Kier molecular flexibility index (Phi) is 3.45. The summed E-state index contributed by atoms with van der Waals surface area (Å²) in [6.07, 6.45) is 1.02. The maximum absolute atomic E-state index is 11.6. The summed E-state index contributed by atoms with van der Waals surface area (Å²) in [5, 5.41) is 0. The van der Waals surface area contributed by atoms with Gasteiger partial charge in [-0.1, -0.05) is 13.0 Å². The zero-order valence-electron chi connectivity index (χ0n) is 11.1. The van der Waals surface area contributed by atoms with Gasteiger partial charge in [-0.3, -0.25) is 4.79 Å². The van der Waals surface area contributed by atoms with Gasteiger partial charge in [-0.05, 0) is 32.4 Å². The number of para-hydroxylation sites is 1. The van der Waals surface area contributed by atoms with Crippen molar-refractivity contribution in [3.05, 3.63) is 18.2 Å². The van der Waals surface area contributed by atoms with Gasteiger partial charge < -0.3 is 15.4 Å². The van der Waals surface area contributed by atoms with Crippen LogP contribution in [0.3, 0.4) is 0 Å². The quantitative estimate of drug-likeness (QED) is 0.833. The minimum Gasteiger partial charge on any atom is -0.486 e. The molecule has 1 heterocycles. The lowest BCUT2D eigenvalue weighted by Gasteiger charge is -2.39. The number of rotatable bonds is 3. The highest BCUT2D eigenvalue weighted by Gasteiger charge is 2.30. The summed E-state index contributed by atoms with van der Waals surface area (Å²) >= 11 is 0. The first-order chi connectivity index (χ1) is 8.54. The second-order valence-electron chi connectivity index (χ2n) is 4.78. The minimum atomic E-state index is -0.175. The Morgan fingerprint density at radius 1 is 1.61 bits per heavy atom. The molecule has 0 fully saturated rings. The van der Waals surface area contributed by atoms with E-state index in [4.69, 9.17) is 10.5 Å². The number of hydrogen-bond donors (Lipinski definition) is 1. The molecule has 1 aromatic rings. The number of carbonyl (C=O) groups excluding carboxylic acids is 1. The van der Waals surface area contributed by atoms with Crippen molar-refractivity contribution in [1.29, 1.82) is 0 Å². The summed E-state index contributed by atoms with van der Waals surface area (Å²) in [7, 11) is 0. The predicted octanol–water partition coefficient (Wildman–Crippen LogP) is 2.22. The fourth-order valence-corrected chi connectivity index (χ4v) is 2.25. The van der Waals surface area contributed by atoms with E-state index in [0.717, 1.165) is 17.9 Å². The Bertz CT molecular complexity index is 459. The van der Waals surface area contributed by atoms with Crippen LogP contribution >= 0.6 is 0 Å². The van der Waals surface area contributed by atoms with Crippen molar-refractivity contribution < 1.29 is 9.53 Å². The van der Waals surface area contributed by atoms with E-state index in [1.54, 1.807) is 6.92 Å². The number of carbonyl (C=O) groups is 1. The molecule has 0 amide bonds. The third kappa shape index (κ3) is 2.15. The minimum absolute atomic E-state index is 0.112. The summed E-state index contributed by atoms with van der Waals surface area (Å²) < 4.78 is 5.89. The van der Waals surface area contributed by atoms with Crippen LogP contribution in [0.4, 0.5) is 11.4 Å². The van der Waals surface area contributed by atoms with Crippen LogP contribution in [0, 0.1) is 0 Å². The second-order valence-corrected chi connectivity index (χ2v) is 4.78. The lowest BCUT2D eigenvalue weighted by atomic mass is 10.1. The van der Waals surface area contributed by atoms with E-state index < -0.39 is 0 Å². The molecule has 0 saturated carbocycles. The number of Topliss-reactive ketones (excluding diaryl/α,β-unsaturated/α-hetero) is 1. The molecule has 0 radical (unpaired) electrons. The van der Waals surface area contributed by atoms with Gasteiger partial charge in [0.05, 0.1) is 18.3 Å². The van der Waals surface area contributed by atoms with Crippen molar-refractivity contribution in [3.63, 3.8) is 0 Å². The van der Waals surface area contributed by atoms with Crippen molar-refractivity contribution in [1.82, 2.24) is 0 Å². The van der Waals surface area contributed by atoms with Crippen LogP contribution < -0.4 is 15.4 Å². The van der Waals surface area contributed by atoms with Crippen LogP contribution in [0.1, 0.15) is 27.2 Å². The second kappa shape index (κ2) is 4.88. The van der Waals surface area contributed by atoms with Crippen molar-refractivity contribution >= 4 is 17.2 Å². The largest absolute Gasteiger partial charge is 0.486 e. The fourth-order valence-electron chi connectivity index (χ4n) is 2.25. The van der Waals surface area contributed by atoms with E-state index in [9.17, 15) is 4.79 Å². The van der Waals surface area contributed by atoms with Gasteiger partial charge in [0.1, 0.15) is 17.5 Å². The first-order valence-corrected chi connectivity index (χ1v) is 6.36. The summed E-state index contributed by atoms with van der Waals surface area (Å²) in [6.45, 7) is 6.31. The summed E-state index contributed by atoms with van der Waals surface area (Å²) in [4.78, 5) is 13.7. The van der Waals surface area contributed by atoms with Crippen molar-refractivity contribution in [3.8, 4) is 5.75 Å². The number of hydrogen-bond acceptors (Lipinski definition) is 4. The number of fused-ring (bicyclic) bond motifs is 1. The van der Waals surface area contributed by atoms with Gasteiger partial charge in [-0.25, -0.2) is 0 Å². The van der Waals surface area contributed by atoms with Gasteiger partial charge in [0.2, 0.25) is 0 Å². The molecule has 0 spiro atoms. The highest BCUT2D eigenvalue weighted by molar-refractivity contribution is 5.88. The third-order valence-corrected chi connectivity index (χ3v) is 3.52. The highest BCUT2D eigenvalue weighted by Crippen LogP contribution is 2.39. The Labute approximate surface area is 108 Å². The number of benzene rings is 1. The molecule has 0 aromatic heterocycles. The summed E-state index contributed by atoms with van der Waals surface area (Å²) in [5.41, 5.74) is 7.54. The molecule has 18 heavy (non-hydrogen) atoms. The summed E-state index contributed by atoms with van der Waals surface area (Å²) in [5.74, 6) is 0.919. The maximum atomic E-state index is 11.6. The summed E-state index contributed by atoms with van der Waals surface area (Å²) in [6, 6.07) is 5.45. The maximum Gasteiger partial charge on any atom is 0.151 e. The molecule has 1 aliphatic heterocycles. The SMILES string of the molecule is CCC1CN(C(C)C(C)=O)c2c(N)cccc2O1. The van der Waals surface area contributed by atoms with E-state index in [-0.39, 0.29) is 17.9 Å². The van der Waals surface area contributed by atoms with Crippen LogP contribution in [0.25, 0.3) is 0 Å². The fraction of sp³-hybridized carbons (Fsp3) is 0.500. The number of nitrogens with two attached hydrogens (primary N) is 1. The van der Waals surface area contributed by atoms with Gasteiger partial charge in [0.25, 0.3) is 0 Å². The Hall–Kier alpha value is -1.71. The molecule has 4 nitrogen and oxygen atoms in total. The third-order valence-electron chi connectivity index (χ3n) is 3.52. The number of ether oxygens (including phenoxy) is 1. The van der Waals surface area contributed by atoms with Crippen molar-refractivity contribution in [2.45, 2.75) is 39.3 Å². The number of nitrogen functional groups attached to an aromatic ring is 1. The molecule has 0 saturated heterocycles. The molecule has 2 atom stereocenters. The van der Waals surface area contributed by atoms with Gasteiger partial charge in [0.15, 0.2) is 5.78 Å². The van der Waals surface area contributed by atoms with Gasteiger partial charge >= 0.3 is 0 Å². The van der Waals surface area contributed by atoms with E-state index >= 15 is 0 Å². The zero-order chi connectivity index (χ0) is 13.3. The highest BCUT2D eigenvalue weighted by atomic mass is 16.5. The molecule has 0 bridgehead atoms. The van der Waals surface area contributed by atoms with Gasteiger partial charge in [0, 0.05) is 0 Å². The molecular weight excluding hydrogens is 228 g/mol. The molecule has 1 aliphatic rings. The van der Waals surface area contributed by atoms with E-state index in [1.807, 2.05) is 25.1 Å². The molecule has 0 aliphatic carbocycles. The molecule has 2 unspecified atom stereocenters. The first-order valence-electron chi connectivity index (χ1n) is 6.36. The van der Waals surface area contributed by atoms with Crippen LogP contribution in [-0.4, -0.2) is 24.5 Å². The standard InChI is InChI=1S/C14H20N2O2/c1-4-11-8-16(9(2)10(3)17)14-12(15)6-5-7-13(14)18-11/h5-7,9,11H,4,8,15H2,1-3H3. The van der Waals surface area contributed by atoms with Crippen molar-refractivity contribution in [2.75, 3.05) is 17.2 Å². The smallest absolute Gasteiger partial charge is 0.151 e. The molecule has 1 aromatic carbocycles. The average molecular weight is 248 g/mol. The van der Waals surface area contributed by atoms with Crippen LogP contribution in [0.15, 0.2) is 18.2 Å². The number of anilines is 2. The lowest BCUT2D eigenvalue weighted by molar-refractivity contribution is -0.118. The molecule has 2 rings (SSSR count). The topological polar surface area (TPSA) is 55.6 Å². The molecule has 4 heteroatoms. The van der Waals surface area contributed by atoms with Crippen LogP contribution in [0.5, 0.6) is 5.75 Å². The predicted molar refractivity (Wildman–Crippen MR) is 73.1 cm³/mol. The zero-order valence-corrected chi connectivity index (χ0v) is 11.1. The van der Waals surface area contributed by atoms with Crippen LogP contribution in [0.2, 0.25) is 0 Å². The normalized spacial score (nSPS) is 19.9. The van der Waals surface area contributed by atoms with Gasteiger partial charge in [-0.2, -0.15) is 0 Å². The Morgan fingerprint density at radius 2 is 2.33 bits per heavy atom. The lowest BCUT2D eigenvalue weighted by Crippen LogP contribution is -2.47. The monoisotopic (exact) mass is 248 g/mol. The first kappa shape index (κ1) is 12.7. The number of nitrogens with zero attached hydrogens (tertiary/aromatic N) is 1. The van der Waals surface area contributed by atoms with E-state index in [2.05, 4.69) is 11.8 Å². The number of ketones is 1. The van der Waals surface area contributed by atoms with E-state index in [1.165, 1.54) is 0 Å². The molecule has 98 valence electrons. The van der Waals surface area contributed by atoms with Crippen molar-refractivity contribution in [2.24, 2.45) is 0 Å². The van der Waals surface area contributed by atoms with Gasteiger partial charge in [-0.15, -0.1) is 0 Å². The van der Waals surface area contributed by atoms with E-state index in [0.29, 0.717) is 12.2 Å². The van der Waals surface area contributed by atoms with Crippen LogP contribution in [-0.2, 0) is 4.79 Å². The molecule has 2 N–H and O–H groups in total. The average Bonchev–Trinajstić information content (AvgIpc) is 2.36. The molecular formula is C14H20N2O2. The Morgan fingerprint density at radius 3 is 2.94 bits per heavy atom.